The van der Waals surface area contributed by atoms with Crippen molar-refractivity contribution in [1.29, 1.82) is 0 Å². The van der Waals surface area contributed by atoms with Gasteiger partial charge in [0.05, 0.1) is 11.9 Å². The predicted molar refractivity (Wildman–Crippen MR) is 87.0 cm³/mol. The number of ether oxygens (including phenoxy) is 1. The van der Waals surface area contributed by atoms with E-state index in [0.29, 0.717) is 26.3 Å². The Morgan fingerprint density at radius 3 is 2.74 bits per heavy atom. The zero-order valence-corrected chi connectivity index (χ0v) is 13.7. The van der Waals surface area contributed by atoms with Gasteiger partial charge in [-0.05, 0) is 31.4 Å². The van der Waals surface area contributed by atoms with Gasteiger partial charge in [0, 0.05) is 19.7 Å². The number of hydrogen-bond acceptors (Lipinski definition) is 4. The molecule has 23 heavy (non-hydrogen) atoms. The molecule has 0 aliphatic heterocycles. The van der Waals surface area contributed by atoms with Crippen molar-refractivity contribution in [3.63, 3.8) is 0 Å². The Morgan fingerprint density at radius 2 is 2.04 bits per heavy atom. The van der Waals surface area contributed by atoms with Crippen LogP contribution in [0, 0.1) is 0 Å². The minimum Gasteiger partial charge on any atom is -0.467 e. The van der Waals surface area contributed by atoms with Gasteiger partial charge in [-0.15, -0.1) is 0 Å². The zero-order chi connectivity index (χ0) is 16.4. The molecule has 0 aromatic carbocycles. The Bertz CT molecular complexity index is 439. The highest BCUT2D eigenvalue weighted by Crippen LogP contribution is 2.26. The zero-order valence-electron chi connectivity index (χ0n) is 13.7. The number of rotatable bonds is 8. The van der Waals surface area contributed by atoms with Gasteiger partial charge in [0.15, 0.2) is 0 Å². The molecule has 6 nitrogen and oxygen atoms in total. The lowest BCUT2D eigenvalue weighted by atomic mass is 9.95. The van der Waals surface area contributed by atoms with Crippen molar-refractivity contribution in [2.75, 3.05) is 19.7 Å². The van der Waals surface area contributed by atoms with Crippen LogP contribution in [-0.2, 0) is 11.3 Å². The topological polar surface area (TPSA) is 83.7 Å². The molecule has 0 atom stereocenters. The first kappa shape index (κ1) is 17.8. The van der Waals surface area contributed by atoms with Crippen LogP contribution < -0.4 is 10.6 Å². The van der Waals surface area contributed by atoms with Gasteiger partial charge in [-0.1, -0.05) is 25.7 Å². The monoisotopic (exact) mass is 324 g/mol. The number of urea groups is 1. The molecule has 0 unspecified atom stereocenters. The summed E-state index contributed by atoms with van der Waals surface area (Å²) in [6.07, 6.45) is 8.31. The third kappa shape index (κ3) is 7.05. The smallest absolute Gasteiger partial charge is 0.314 e. The lowest BCUT2D eigenvalue weighted by molar-refractivity contribution is 0.0276. The molecule has 0 spiro atoms. The summed E-state index contributed by atoms with van der Waals surface area (Å²) in [4.78, 5) is 11.7. The standard InChI is InChI=1S/C17H28N2O4/c20-16(19-14-17(21)8-3-1-2-4-9-17)18-10-6-11-22-13-15-7-5-12-23-15/h5,7,12,21H,1-4,6,8-11,13-14H2,(H2,18,19,20). The Balaban J connectivity index is 1.49. The molecule has 0 bridgehead atoms. The summed E-state index contributed by atoms with van der Waals surface area (Å²) >= 11 is 0. The summed E-state index contributed by atoms with van der Waals surface area (Å²) in [5.74, 6) is 0.798. The fourth-order valence-electron chi connectivity index (χ4n) is 2.81. The first-order valence-electron chi connectivity index (χ1n) is 8.52. The number of carbonyl (C=O) groups is 1. The van der Waals surface area contributed by atoms with Gasteiger partial charge < -0.3 is 24.9 Å². The Morgan fingerprint density at radius 1 is 1.26 bits per heavy atom. The molecule has 1 fully saturated rings. The van der Waals surface area contributed by atoms with Crippen LogP contribution in [0.3, 0.4) is 0 Å². The van der Waals surface area contributed by atoms with E-state index in [1.54, 1.807) is 6.26 Å². The van der Waals surface area contributed by atoms with E-state index >= 15 is 0 Å². The number of carbonyl (C=O) groups excluding carboxylic acids is 1. The normalized spacial score (nSPS) is 17.4. The van der Waals surface area contributed by atoms with Crippen LogP contribution in [0.4, 0.5) is 4.79 Å². The predicted octanol–water partition coefficient (Wildman–Crippen LogP) is 2.57. The van der Waals surface area contributed by atoms with Crippen LogP contribution in [0.1, 0.15) is 50.7 Å². The van der Waals surface area contributed by atoms with Gasteiger partial charge in [-0.25, -0.2) is 4.79 Å². The van der Waals surface area contributed by atoms with Gasteiger partial charge in [-0.2, -0.15) is 0 Å². The molecular formula is C17H28N2O4. The number of aliphatic hydroxyl groups is 1. The van der Waals surface area contributed by atoms with E-state index in [1.165, 1.54) is 12.8 Å². The van der Waals surface area contributed by atoms with Crippen LogP contribution >= 0.6 is 0 Å². The molecule has 6 heteroatoms. The van der Waals surface area contributed by atoms with Crippen LogP contribution in [-0.4, -0.2) is 36.4 Å². The molecule has 0 radical (unpaired) electrons. The largest absolute Gasteiger partial charge is 0.467 e. The Hall–Kier alpha value is -1.53. The minimum atomic E-state index is -0.736. The van der Waals surface area contributed by atoms with Crippen molar-refractivity contribution in [2.24, 2.45) is 0 Å². The molecule has 130 valence electrons. The first-order chi connectivity index (χ1) is 11.2. The van der Waals surface area contributed by atoms with Crippen molar-refractivity contribution >= 4 is 6.03 Å². The van der Waals surface area contributed by atoms with Gasteiger partial charge in [-0.3, -0.25) is 0 Å². The minimum absolute atomic E-state index is 0.228. The van der Waals surface area contributed by atoms with Crippen LogP contribution in [0.25, 0.3) is 0 Å². The second-order valence-corrected chi connectivity index (χ2v) is 6.23. The van der Waals surface area contributed by atoms with E-state index in [0.717, 1.165) is 37.9 Å². The van der Waals surface area contributed by atoms with Gasteiger partial charge in [0.25, 0.3) is 0 Å². The summed E-state index contributed by atoms with van der Waals surface area (Å²) in [5.41, 5.74) is -0.736. The van der Waals surface area contributed by atoms with Crippen LogP contribution in [0.5, 0.6) is 0 Å². The number of amides is 2. The SMILES string of the molecule is O=C(NCCCOCc1ccco1)NCC1(O)CCCCCC1. The van der Waals surface area contributed by atoms with E-state index in [4.69, 9.17) is 9.15 Å². The number of nitrogens with one attached hydrogen (secondary N) is 2. The fourth-order valence-corrected chi connectivity index (χ4v) is 2.81. The Labute approximate surface area is 137 Å². The molecule has 0 saturated heterocycles. The molecular weight excluding hydrogens is 296 g/mol. The summed E-state index contributed by atoms with van der Waals surface area (Å²) in [6.45, 7) is 1.88. The number of hydrogen-bond donors (Lipinski definition) is 3. The molecule has 1 aromatic rings. The summed E-state index contributed by atoms with van der Waals surface area (Å²) in [7, 11) is 0. The van der Waals surface area contributed by atoms with Crippen molar-refractivity contribution in [1.82, 2.24) is 10.6 Å². The summed E-state index contributed by atoms with van der Waals surface area (Å²) in [6, 6.07) is 3.46. The van der Waals surface area contributed by atoms with E-state index < -0.39 is 5.60 Å². The molecule has 1 saturated carbocycles. The Kier molecular flexibility index (Phi) is 7.42. The highest BCUT2D eigenvalue weighted by Gasteiger charge is 2.28. The maximum Gasteiger partial charge on any atom is 0.314 e. The summed E-state index contributed by atoms with van der Waals surface area (Å²) in [5, 5.41) is 16.0. The van der Waals surface area contributed by atoms with Gasteiger partial charge >= 0.3 is 6.03 Å². The second-order valence-electron chi connectivity index (χ2n) is 6.23. The maximum atomic E-state index is 11.7. The summed E-state index contributed by atoms with van der Waals surface area (Å²) < 4.78 is 10.6. The van der Waals surface area contributed by atoms with Crippen molar-refractivity contribution in [3.8, 4) is 0 Å². The maximum absolute atomic E-state index is 11.7. The average molecular weight is 324 g/mol. The fraction of sp³-hybridized carbons (Fsp3) is 0.706. The van der Waals surface area contributed by atoms with Crippen molar-refractivity contribution in [2.45, 2.75) is 57.2 Å². The highest BCUT2D eigenvalue weighted by atomic mass is 16.5. The molecule has 1 aromatic heterocycles. The molecule has 1 aliphatic carbocycles. The lowest BCUT2D eigenvalue weighted by Crippen LogP contribution is -2.46. The van der Waals surface area contributed by atoms with E-state index in [1.807, 2.05) is 12.1 Å². The number of furan rings is 1. The van der Waals surface area contributed by atoms with Gasteiger partial charge in [0.2, 0.25) is 0 Å². The van der Waals surface area contributed by atoms with E-state index in [-0.39, 0.29) is 6.03 Å². The average Bonchev–Trinajstić information content (AvgIpc) is 2.96. The van der Waals surface area contributed by atoms with E-state index in [2.05, 4.69) is 10.6 Å². The highest BCUT2D eigenvalue weighted by molar-refractivity contribution is 5.73. The molecule has 3 N–H and O–H groups in total. The van der Waals surface area contributed by atoms with Crippen molar-refractivity contribution < 1.29 is 19.1 Å². The molecule has 1 heterocycles. The molecule has 2 rings (SSSR count). The van der Waals surface area contributed by atoms with Gasteiger partial charge in [0.1, 0.15) is 12.4 Å². The lowest BCUT2D eigenvalue weighted by Gasteiger charge is -2.26. The molecule has 2 amide bonds. The van der Waals surface area contributed by atoms with Crippen LogP contribution in [0.2, 0.25) is 0 Å². The first-order valence-corrected chi connectivity index (χ1v) is 8.52. The second kappa shape index (κ2) is 9.57. The molecule has 1 aliphatic rings. The third-order valence-corrected chi connectivity index (χ3v) is 4.19. The quantitative estimate of drug-likeness (QED) is 0.507. The third-order valence-electron chi connectivity index (χ3n) is 4.19. The van der Waals surface area contributed by atoms with Crippen molar-refractivity contribution in [3.05, 3.63) is 24.2 Å². The van der Waals surface area contributed by atoms with Crippen LogP contribution in [0.15, 0.2) is 22.8 Å². The van der Waals surface area contributed by atoms with E-state index in [9.17, 15) is 9.90 Å².